The number of nitrogen functional groups attached to an aromatic ring is 1. The van der Waals surface area contributed by atoms with Crippen LogP contribution in [0.5, 0.6) is 0 Å². The number of hydrogen-bond donors (Lipinski definition) is 2. The molecule has 0 saturated heterocycles. The Labute approximate surface area is 95.2 Å². The van der Waals surface area contributed by atoms with Crippen LogP contribution in [0.25, 0.3) is 0 Å². The SMILES string of the molecule is Nc1cn(CCc2ccsc2)c(=O)[nH]c1=O. The molecular formula is C10H11N3O2S. The average Bonchev–Trinajstić information content (AvgIpc) is 2.74. The first-order valence-corrected chi connectivity index (χ1v) is 5.71. The summed E-state index contributed by atoms with van der Waals surface area (Å²) < 4.78 is 1.41. The molecule has 5 nitrogen and oxygen atoms in total. The summed E-state index contributed by atoms with van der Waals surface area (Å²) in [5.41, 5.74) is 5.71. The lowest BCUT2D eigenvalue weighted by Crippen LogP contribution is -2.31. The highest BCUT2D eigenvalue weighted by Gasteiger charge is 2.01. The molecule has 0 unspecified atom stereocenters. The fraction of sp³-hybridized carbons (Fsp3) is 0.200. The average molecular weight is 237 g/mol. The van der Waals surface area contributed by atoms with Crippen molar-refractivity contribution in [1.29, 1.82) is 0 Å². The summed E-state index contributed by atoms with van der Waals surface area (Å²) in [5, 5.41) is 4.01. The highest BCUT2D eigenvalue weighted by Crippen LogP contribution is 2.07. The van der Waals surface area contributed by atoms with E-state index in [0.717, 1.165) is 6.42 Å². The number of nitrogens with two attached hydrogens (primary N) is 1. The third-order valence-electron chi connectivity index (χ3n) is 2.26. The minimum absolute atomic E-state index is 0.0601. The zero-order valence-electron chi connectivity index (χ0n) is 8.47. The Hall–Kier alpha value is -1.82. The van der Waals surface area contributed by atoms with E-state index >= 15 is 0 Å². The van der Waals surface area contributed by atoms with Crippen LogP contribution in [0.1, 0.15) is 5.56 Å². The molecule has 0 fully saturated rings. The van der Waals surface area contributed by atoms with Crippen LogP contribution in [0.15, 0.2) is 32.6 Å². The summed E-state index contributed by atoms with van der Waals surface area (Å²) in [5.74, 6) is 0. The van der Waals surface area contributed by atoms with E-state index < -0.39 is 11.2 Å². The number of H-pyrrole nitrogens is 1. The van der Waals surface area contributed by atoms with E-state index in [1.807, 2.05) is 16.8 Å². The Bertz CT molecular complexity index is 583. The standard InChI is InChI=1S/C10H11N3O2S/c11-8-5-13(10(15)12-9(8)14)3-1-7-2-4-16-6-7/h2,4-6H,1,3,11H2,(H,12,14,15). The van der Waals surface area contributed by atoms with Gasteiger partial charge in [0.1, 0.15) is 5.69 Å². The van der Waals surface area contributed by atoms with Gasteiger partial charge in [-0.15, -0.1) is 0 Å². The lowest BCUT2D eigenvalue weighted by molar-refractivity contribution is 0.648. The van der Waals surface area contributed by atoms with Crippen molar-refractivity contribution in [3.8, 4) is 0 Å². The molecule has 0 spiro atoms. The van der Waals surface area contributed by atoms with Crippen LogP contribution in [-0.4, -0.2) is 9.55 Å². The number of rotatable bonds is 3. The second kappa shape index (κ2) is 4.36. The Morgan fingerprint density at radius 1 is 1.44 bits per heavy atom. The van der Waals surface area contributed by atoms with E-state index in [1.165, 1.54) is 16.3 Å². The Morgan fingerprint density at radius 3 is 2.94 bits per heavy atom. The minimum Gasteiger partial charge on any atom is -0.393 e. The van der Waals surface area contributed by atoms with Crippen LogP contribution in [0.4, 0.5) is 5.69 Å². The van der Waals surface area contributed by atoms with Crippen LogP contribution >= 0.6 is 11.3 Å². The van der Waals surface area contributed by atoms with Gasteiger partial charge in [-0.1, -0.05) is 0 Å². The Morgan fingerprint density at radius 2 is 2.25 bits per heavy atom. The van der Waals surface area contributed by atoms with Gasteiger partial charge in [0.2, 0.25) is 0 Å². The van der Waals surface area contributed by atoms with Crippen LogP contribution in [0.3, 0.4) is 0 Å². The predicted octanol–water partition coefficient (Wildman–Crippen LogP) is 0.423. The molecule has 2 heterocycles. The molecule has 0 amide bonds. The first kappa shape index (κ1) is 10.7. The number of thiophene rings is 1. The molecule has 2 rings (SSSR count). The van der Waals surface area contributed by atoms with Crippen molar-refractivity contribution in [1.82, 2.24) is 9.55 Å². The number of nitrogens with one attached hydrogen (secondary N) is 1. The van der Waals surface area contributed by atoms with E-state index in [1.54, 1.807) is 11.3 Å². The van der Waals surface area contributed by atoms with E-state index in [4.69, 9.17) is 5.73 Å². The van der Waals surface area contributed by atoms with Gasteiger partial charge >= 0.3 is 5.69 Å². The first-order valence-electron chi connectivity index (χ1n) is 4.77. The second-order valence-corrected chi connectivity index (χ2v) is 4.20. The molecular weight excluding hydrogens is 226 g/mol. The monoisotopic (exact) mass is 237 g/mol. The molecule has 0 atom stereocenters. The quantitative estimate of drug-likeness (QED) is 0.812. The van der Waals surface area contributed by atoms with Gasteiger partial charge in [-0.05, 0) is 28.8 Å². The van der Waals surface area contributed by atoms with Crippen molar-refractivity contribution in [3.05, 3.63) is 49.4 Å². The molecule has 84 valence electrons. The highest BCUT2D eigenvalue weighted by atomic mass is 32.1. The zero-order valence-corrected chi connectivity index (χ0v) is 9.29. The van der Waals surface area contributed by atoms with Crippen LogP contribution < -0.4 is 17.0 Å². The normalized spacial score (nSPS) is 10.5. The van der Waals surface area contributed by atoms with Gasteiger partial charge in [0.05, 0.1) is 0 Å². The maximum absolute atomic E-state index is 11.4. The van der Waals surface area contributed by atoms with Crippen LogP contribution in [-0.2, 0) is 13.0 Å². The van der Waals surface area contributed by atoms with Gasteiger partial charge in [-0.2, -0.15) is 11.3 Å². The van der Waals surface area contributed by atoms with Crippen LogP contribution in [0, 0.1) is 0 Å². The van der Waals surface area contributed by atoms with Gasteiger partial charge in [-0.25, -0.2) is 4.79 Å². The number of aromatic nitrogens is 2. The van der Waals surface area contributed by atoms with Gasteiger partial charge in [0.25, 0.3) is 5.56 Å². The molecule has 6 heteroatoms. The molecule has 0 aromatic carbocycles. The molecule has 2 aromatic rings. The number of nitrogens with zero attached hydrogens (tertiary/aromatic N) is 1. The fourth-order valence-electron chi connectivity index (χ4n) is 1.38. The maximum Gasteiger partial charge on any atom is 0.328 e. The molecule has 0 saturated carbocycles. The van der Waals surface area contributed by atoms with Crippen molar-refractivity contribution in [2.24, 2.45) is 0 Å². The third-order valence-corrected chi connectivity index (χ3v) is 2.99. The lowest BCUT2D eigenvalue weighted by Gasteiger charge is -2.04. The third kappa shape index (κ3) is 2.22. The van der Waals surface area contributed by atoms with E-state index in [9.17, 15) is 9.59 Å². The zero-order chi connectivity index (χ0) is 11.5. The van der Waals surface area contributed by atoms with Crippen molar-refractivity contribution < 1.29 is 0 Å². The molecule has 16 heavy (non-hydrogen) atoms. The number of hydrogen-bond acceptors (Lipinski definition) is 4. The topological polar surface area (TPSA) is 80.9 Å². The fourth-order valence-corrected chi connectivity index (χ4v) is 2.08. The van der Waals surface area contributed by atoms with E-state index in [0.29, 0.717) is 6.54 Å². The predicted molar refractivity (Wildman–Crippen MR) is 63.8 cm³/mol. The van der Waals surface area contributed by atoms with Crippen molar-refractivity contribution in [2.75, 3.05) is 5.73 Å². The molecule has 3 N–H and O–H groups in total. The molecule has 0 aliphatic carbocycles. The summed E-state index contributed by atoms with van der Waals surface area (Å²) in [4.78, 5) is 24.6. The highest BCUT2D eigenvalue weighted by molar-refractivity contribution is 7.07. The van der Waals surface area contributed by atoms with E-state index in [2.05, 4.69) is 4.98 Å². The summed E-state index contributed by atoms with van der Waals surface area (Å²) in [6.07, 6.45) is 2.13. The van der Waals surface area contributed by atoms with Crippen LogP contribution in [0.2, 0.25) is 0 Å². The molecule has 0 aliphatic rings. The summed E-state index contributed by atoms with van der Waals surface area (Å²) >= 11 is 1.61. The second-order valence-electron chi connectivity index (χ2n) is 3.42. The largest absolute Gasteiger partial charge is 0.393 e. The smallest absolute Gasteiger partial charge is 0.328 e. The minimum atomic E-state index is -0.531. The van der Waals surface area contributed by atoms with Gasteiger partial charge in [0, 0.05) is 12.7 Å². The molecule has 0 aliphatic heterocycles. The van der Waals surface area contributed by atoms with Crippen molar-refractivity contribution >= 4 is 17.0 Å². The summed E-state index contributed by atoms with van der Waals surface area (Å²) in [6, 6.07) is 2.00. The van der Waals surface area contributed by atoms with Crippen molar-refractivity contribution in [3.63, 3.8) is 0 Å². The van der Waals surface area contributed by atoms with E-state index in [-0.39, 0.29) is 5.69 Å². The summed E-state index contributed by atoms with van der Waals surface area (Å²) in [7, 11) is 0. The van der Waals surface area contributed by atoms with Crippen molar-refractivity contribution in [2.45, 2.75) is 13.0 Å². The van der Waals surface area contributed by atoms with Gasteiger partial charge in [0.15, 0.2) is 0 Å². The molecule has 0 bridgehead atoms. The molecule has 0 radical (unpaired) electrons. The first-order chi connectivity index (χ1) is 7.66. The Kier molecular flexibility index (Phi) is 2.91. The number of aryl methyl sites for hydroxylation is 2. The number of anilines is 1. The van der Waals surface area contributed by atoms with Gasteiger partial charge in [-0.3, -0.25) is 14.3 Å². The lowest BCUT2D eigenvalue weighted by atomic mass is 10.2. The van der Waals surface area contributed by atoms with Gasteiger partial charge < -0.3 is 5.73 Å². The summed E-state index contributed by atoms with van der Waals surface area (Å²) in [6.45, 7) is 0.510. The number of aromatic amines is 1. The Balaban J connectivity index is 2.19. The molecule has 2 aromatic heterocycles. The maximum atomic E-state index is 11.4.